The van der Waals surface area contributed by atoms with Gasteiger partial charge >= 0.3 is 5.97 Å². The number of halogens is 1. The lowest BCUT2D eigenvalue weighted by Crippen LogP contribution is -2.40. The first-order chi connectivity index (χ1) is 10.1. The van der Waals surface area contributed by atoms with E-state index in [1.807, 2.05) is 0 Å². The van der Waals surface area contributed by atoms with Gasteiger partial charge in [-0.15, -0.1) is 0 Å². The largest absolute Gasteiger partial charge is 0.481 e. The molecular weight excluding hydrogens is 275 g/mol. The highest BCUT2D eigenvalue weighted by Gasteiger charge is 2.28. The summed E-state index contributed by atoms with van der Waals surface area (Å²) in [6.45, 7) is 0.821. The maximum atomic E-state index is 13.6. The second-order valence-corrected chi connectivity index (χ2v) is 5.29. The highest BCUT2D eigenvalue weighted by Crippen LogP contribution is 2.22. The number of likely N-dealkylation sites (tertiary alicyclic amines) is 1. The van der Waals surface area contributed by atoms with Crippen molar-refractivity contribution in [1.29, 1.82) is 0 Å². The molecule has 2 heterocycles. The number of hydrogen-bond donors (Lipinski definition) is 2. The van der Waals surface area contributed by atoms with Crippen LogP contribution in [-0.2, 0) is 4.79 Å². The third-order valence-electron chi connectivity index (χ3n) is 3.97. The van der Waals surface area contributed by atoms with Crippen molar-refractivity contribution < 1.29 is 19.1 Å². The number of carboxylic acid groups (broad SMARTS) is 1. The standard InChI is InChI=1S/C15H15FN2O3/c16-11-2-1-3-12-10(11)8-13(17-12)14(19)18-6-4-9(5-7-18)15(20)21/h1-3,8-9,17H,4-7H2,(H,20,21). The maximum absolute atomic E-state index is 13.6. The molecule has 1 aromatic heterocycles. The molecule has 0 unspecified atom stereocenters. The Labute approximate surface area is 120 Å². The molecule has 2 aromatic rings. The Kier molecular flexibility index (Phi) is 3.37. The number of hydrogen-bond acceptors (Lipinski definition) is 2. The smallest absolute Gasteiger partial charge is 0.306 e. The normalized spacial score (nSPS) is 16.3. The van der Waals surface area contributed by atoms with Crippen molar-refractivity contribution in [2.45, 2.75) is 12.8 Å². The number of piperidine rings is 1. The van der Waals surface area contributed by atoms with Crippen LogP contribution in [0, 0.1) is 11.7 Å². The fourth-order valence-electron chi connectivity index (χ4n) is 2.73. The molecule has 6 heteroatoms. The van der Waals surface area contributed by atoms with Crippen molar-refractivity contribution in [2.24, 2.45) is 5.92 Å². The zero-order chi connectivity index (χ0) is 15.0. The monoisotopic (exact) mass is 290 g/mol. The SMILES string of the molecule is O=C(O)C1CCN(C(=O)c2cc3c(F)cccc3[nH]2)CC1. The lowest BCUT2D eigenvalue weighted by molar-refractivity contribution is -0.143. The van der Waals surface area contributed by atoms with Crippen LogP contribution in [0.4, 0.5) is 4.39 Å². The number of nitrogens with zero attached hydrogens (tertiary/aromatic N) is 1. The Morgan fingerprint density at radius 2 is 2.00 bits per heavy atom. The molecule has 21 heavy (non-hydrogen) atoms. The summed E-state index contributed by atoms with van der Waals surface area (Å²) in [5.74, 6) is -1.77. The number of H-pyrrole nitrogens is 1. The zero-order valence-electron chi connectivity index (χ0n) is 11.3. The molecule has 1 aliphatic rings. The van der Waals surface area contributed by atoms with Gasteiger partial charge in [0.05, 0.1) is 5.92 Å². The first kappa shape index (κ1) is 13.6. The van der Waals surface area contributed by atoms with Gasteiger partial charge in [0.15, 0.2) is 0 Å². The Bertz CT molecular complexity index is 702. The van der Waals surface area contributed by atoms with Crippen molar-refractivity contribution in [3.8, 4) is 0 Å². The average Bonchev–Trinajstić information content (AvgIpc) is 2.92. The minimum atomic E-state index is -0.810. The van der Waals surface area contributed by atoms with E-state index in [1.54, 1.807) is 17.0 Å². The Morgan fingerprint density at radius 3 is 2.62 bits per heavy atom. The summed E-state index contributed by atoms with van der Waals surface area (Å²) in [7, 11) is 0. The van der Waals surface area contributed by atoms with Gasteiger partial charge in [-0.1, -0.05) is 6.07 Å². The number of benzene rings is 1. The first-order valence-corrected chi connectivity index (χ1v) is 6.85. The number of rotatable bonds is 2. The van der Waals surface area contributed by atoms with E-state index in [0.717, 1.165) is 0 Å². The molecule has 0 bridgehead atoms. The molecule has 1 saturated heterocycles. The van der Waals surface area contributed by atoms with Gasteiger partial charge < -0.3 is 15.0 Å². The zero-order valence-corrected chi connectivity index (χ0v) is 11.3. The number of aliphatic carboxylic acids is 1. The van der Waals surface area contributed by atoms with Crippen LogP contribution in [0.5, 0.6) is 0 Å². The fraction of sp³-hybridized carbons (Fsp3) is 0.333. The average molecular weight is 290 g/mol. The second-order valence-electron chi connectivity index (χ2n) is 5.29. The predicted molar refractivity (Wildman–Crippen MR) is 74.5 cm³/mol. The molecule has 1 aromatic carbocycles. The van der Waals surface area contributed by atoms with E-state index < -0.39 is 5.97 Å². The third kappa shape index (κ3) is 2.49. The molecule has 2 N–H and O–H groups in total. The van der Waals surface area contributed by atoms with E-state index in [1.165, 1.54) is 12.1 Å². The van der Waals surface area contributed by atoms with Crippen molar-refractivity contribution in [3.05, 3.63) is 35.8 Å². The Balaban J connectivity index is 1.78. The van der Waals surface area contributed by atoms with Gasteiger partial charge in [0, 0.05) is 24.0 Å². The molecule has 1 fully saturated rings. The van der Waals surface area contributed by atoms with Gasteiger partial charge in [0.2, 0.25) is 0 Å². The highest BCUT2D eigenvalue weighted by molar-refractivity contribution is 5.98. The van der Waals surface area contributed by atoms with E-state index >= 15 is 0 Å². The van der Waals surface area contributed by atoms with Crippen LogP contribution in [0.15, 0.2) is 24.3 Å². The predicted octanol–water partition coefficient (Wildman–Crippen LogP) is 2.24. The van der Waals surface area contributed by atoms with Crippen molar-refractivity contribution in [3.63, 3.8) is 0 Å². The number of fused-ring (bicyclic) bond motifs is 1. The van der Waals surface area contributed by atoms with E-state index in [0.29, 0.717) is 42.5 Å². The molecule has 0 atom stereocenters. The lowest BCUT2D eigenvalue weighted by atomic mass is 9.97. The molecule has 0 aliphatic carbocycles. The second kappa shape index (κ2) is 5.20. The number of aromatic nitrogens is 1. The summed E-state index contributed by atoms with van der Waals surface area (Å²) in [6, 6.07) is 6.16. The molecule has 110 valence electrons. The quantitative estimate of drug-likeness (QED) is 0.891. The molecule has 0 spiro atoms. The summed E-state index contributed by atoms with van der Waals surface area (Å²) in [4.78, 5) is 27.8. The van der Waals surface area contributed by atoms with Crippen LogP contribution < -0.4 is 0 Å². The van der Waals surface area contributed by atoms with E-state index in [9.17, 15) is 14.0 Å². The summed E-state index contributed by atoms with van der Waals surface area (Å²) in [5, 5.41) is 9.34. The summed E-state index contributed by atoms with van der Waals surface area (Å²) < 4.78 is 13.6. The van der Waals surface area contributed by atoms with Crippen LogP contribution in [0.3, 0.4) is 0 Å². The van der Waals surface area contributed by atoms with Crippen LogP contribution in [-0.4, -0.2) is 40.0 Å². The van der Waals surface area contributed by atoms with Crippen molar-refractivity contribution in [2.75, 3.05) is 13.1 Å². The molecule has 3 rings (SSSR count). The minimum absolute atomic E-state index is 0.213. The molecule has 0 saturated carbocycles. The molecule has 1 aliphatic heterocycles. The highest BCUT2D eigenvalue weighted by atomic mass is 19.1. The minimum Gasteiger partial charge on any atom is -0.481 e. The van der Waals surface area contributed by atoms with Crippen molar-refractivity contribution >= 4 is 22.8 Å². The topological polar surface area (TPSA) is 73.4 Å². The van der Waals surface area contributed by atoms with E-state index in [4.69, 9.17) is 5.11 Å². The number of nitrogens with one attached hydrogen (secondary N) is 1. The van der Waals surface area contributed by atoms with E-state index in [-0.39, 0.29) is 17.6 Å². The van der Waals surface area contributed by atoms with Crippen LogP contribution in [0.2, 0.25) is 0 Å². The number of amides is 1. The molecular formula is C15H15FN2O3. The van der Waals surface area contributed by atoms with Gasteiger partial charge in [-0.2, -0.15) is 0 Å². The lowest BCUT2D eigenvalue weighted by Gasteiger charge is -2.29. The Hall–Kier alpha value is -2.37. The van der Waals surface area contributed by atoms with Crippen LogP contribution in [0.25, 0.3) is 10.9 Å². The van der Waals surface area contributed by atoms with Gasteiger partial charge in [0.25, 0.3) is 5.91 Å². The Morgan fingerprint density at radius 1 is 1.29 bits per heavy atom. The number of carbonyl (C=O) groups is 2. The van der Waals surface area contributed by atoms with E-state index in [2.05, 4.69) is 4.98 Å². The summed E-state index contributed by atoms with van der Waals surface area (Å²) in [5.41, 5.74) is 0.919. The van der Waals surface area contributed by atoms with Gasteiger partial charge in [0.1, 0.15) is 11.5 Å². The molecule has 1 amide bonds. The van der Waals surface area contributed by atoms with Crippen molar-refractivity contribution in [1.82, 2.24) is 9.88 Å². The first-order valence-electron chi connectivity index (χ1n) is 6.85. The van der Waals surface area contributed by atoms with Gasteiger partial charge in [-0.05, 0) is 31.0 Å². The van der Waals surface area contributed by atoms with Gasteiger partial charge in [-0.3, -0.25) is 9.59 Å². The maximum Gasteiger partial charge on any atom is 0.306 e. The summed E-state index contributed by atoms with van der Waals surface area (Å²) in [6.07, 6.45) is 0.908. The fourth-order valence-corrected chi connectivity index (χ4v) is 2.73. The number of carboxylic acids is 1. The van der Waals surface area contributed by atoms with Crippen LogP contribution >= 0.6 is 0 Å². The van der Waals surface area contributed by atoms with Crippen LogP contribution in [0.1, 0.15) is 23.3 Å². The molecule has 5 nitrogen and oxygen atoms in total. The van der Waals surface area contributed by atoms with Gasteiger partial charge in [-0.25, -0.2) is 4.39 Å². The molecule has 0 radical (unpaired) electrons. The third-order valence-corrected chi connectivity index (χ3v) is 3.97. The summed E-state index contributed by atoms with van der Waals surface area (Å²) >= 11 is 0. The number of aromatic amines is 1. The number of carbonyl (C=O) groups excluding carboxylic acids is 1.